The van der Waals surface area contributed by atoms with Gasteiger partial charge in [0.15, 0.2) is 11.5 Å². The summed E-state index contributed by atoms with van der Waals surface area (Å²) in [6.45, 7) is 1.25. The first kappa shape index (κ1) is 19.0. The topological polar surface area (TPSA) is 50.7 Å². The number of benzene rings is 2. The van der Waals surface area contributed by atoms with E-state index in [1.807, 2.05) is 30.3 Å². The van der Waals surface area contributed by atoms with Crippen molar-refractivity contribution >= 4 is 0 Å². The van der Waals surface area contributed by atoms with Crippen molar-refractivity contribution in [1.29, 1.82) is 0 Å². The van der Waals surface area contributed by atoms with Gasteiger partial charge in [0.1, 0.15) is 6.61 Å². The molecule has 0 amide bonds. The van der Waals surface area contributed by atoms with Crippen molar-refractivity contribution < 1.29 is 14.6 Å². The van der Waals surface area contributed by atoms with Crippen LogP contribution in [0.25, 0.3) is 0 Å². The lowest BCUT2D eigenvalue weighted by atomic mass is 9.51. The highest BCUT2D eigenvalue weighted by molar-refractivity contribution is 5.47. The van der Waals surface area contributed by atoms with Gasteiger partial charge in [-0.25, -0.2) is 0 Å². The van der Waals surface area contributed by atoms with Crippen molar-refractivity contribution in [2.24, 2.45) is 11.8 Å². The van der Waals surface area contributed by atoms with E-state index >= 15 is 0 Å². The quantitative estimate of drug-likeness (QED) is 0.730. The van der Waals surface area contributed by atoms with E-state index in [0.29, 0.717) is 18.4 Å². The molecular formula is C25H31NO3. The number of hydrogen-bond donors (Lipinski definition) is 2. The lowest BCUT2D eigenvalue weighted by Gasteiger charge is -2.60. The molecule has 0 heterocycles. The zero-order valence-electron chi connectivity index (χ0n) is 17.2. The number of ether oxygens (including phenoxy) is 2. The number of methoxy groups -OCH3 is 1. The monoisotopic (exact) mass is 393 g/mol. The Morgan fingerprint density at radius 1 is 1.00 bits per heavy atom. The van der Waals surface area contributed by atoms with Crippen molar-refractivity contribution in [2.45, 2.75) is 62.8 Å². The molecule has 154 valence electrons. The van der Waals surface area contributed by atoms with Gasteiger partial charge >= 0.3 is 0 Å². The molecule has 0 saturated heterocycles. The molecule has 4 nitrogen and oxygen atoms in total. The van der Waals surface area contributed by atoms with Crippen LogP contribution in [0.4, 0.5) is 0 Å². The zero-order valence-corrected chi connectivity index (χ0v) is 17.2. The maximum Gasteiger partial charge on any atom is 0.166 e. The van der Waals surface area contributed by atoms with E-state index in [0.717, 1.165) is 48.4 Å². The third kappa shape index (κ3) is 3.76. The summed E-state index contributed by atoms with van der Waals surface area (Å²) in [6.07, 6.45) is 6.56. The first-order valence-corrected chi connectivity index (χ1v) is 10.9. The van der Waals surface area contributed by atoms with Gasteiger partial charge in [0, 0.05) is 17.6 Å². The molecule has 4 saturated carbocycles. The molecule has 0 aliphatic heterocycles. The van der Waals surface area contributed by atoms with Gasteiger partial charge < -0.3 is 19.9 Å². The molecule has 0 unspecified atom stereocenters. The number of nitrogens with one attached hydrogen (secondary N) is 1. The summed E-state index contributed by atoms with van der Waals surface area (Å²) in [5.74, 6) is 2.93. The van der Waals surface area contributed by atoms with E-state index in [9.17, 15) is 5.11 Å². The largest absolute Gasteiger partial charge is 0.493 e. The van der Waals surface area contributed by atoms with Crippen molar-refractivity contribution in [3.8, 4) is 11.5 Å². The van der Waals surface area contributed by atoms with Crippen LogP contribution in [0.15, 0.2) is 48.5 Å². The highest BCUT2D eigenvalue weighted by Gasteiger charge is 2.56. The Kier molecular flexibility index (Phi) is 4.79. The molecular weight excluding hydrogens is 362 g/mol. The second kappa shape index (κ2) is 7.33. The van der Waals surface area contributed by atoms with Crippen LogP contribution in [-0.4, -0.2) is 23.4 Å². The average molecular weight is 394 g/mol. The van der Waals surface area contributed by atoms with E-state index in [1.54, 1.807) is 7.11 Å². The van der Waals surface area contributed by atoms with E-state index in [2.05, 4.69) is 23.5 Å². The van der Waals surface area contributed by atoms with Crippen LogP contribution < -0.4 is 14.8 Å². The van der Waals surface area contributed by atoms with Crippen molar-refractivity contribution in [2.75, 3.05) is 7.11 Å². The molecule has 0 radical (unpaired) electrons. The van der Waals surface area contributed by atoms with Crippen LogP contribution in [0.5, 0.6) is 11.5 Å². The number of para-hydroxylation sites is 1. The molecule has 2 atom stereocenters. The second-order valence-electron chi connectivity index (χ2n) is 9.54. The van der Waals surface area contributed by atoms with Crippen LogP contribution in [-0.2, 0) is 13.2 Å². The zero-order chi connectivity index (χ0) is 19.9. The van der Waals surface area contributed by atoms with Crippen molar-refractivity contribution in [1.82, 2.24) is 5.32 Å². The fourth-order valence-electron chi connectivity index (χ4n) is 6.46. The van der Waals surface area contributed by atoms with E-state index in [-0.39, 0.29) is 5.54 Å². The van der Waals surface area contributed by atoms with Gasteiger partial charge in [-0.3, -0.25) is 0 Å². The van der Waals surface area contributed by atoms with Gasteiger partial charge in [-0.05, 0) is 62.0 Å². The van der Waals surface area contributed by atoms with Gasteiger partial charge in [0.25, 0.3) is 0 Å². The summed E-state index contributed by atoms with van der Waals surface area (Å²) >= 11 is 0. The second-order valence-corrected chi connectivity index (χ2v) is 9.54. The van der Waals surface area contributed by atoms with Crippen LogP contribution in [0.1, 0.15) is 49.7 Å². The highest BCUT2D eigenvalue weighted by Crippen LogP contribution is 2.57. The minimum absolute atomic E-state index is 0.0681. The van der Waals surface area contributed by atoms with E-state index < -0.39 is 5.60 Å². The predicted octanol–water partition coefficient (Wildman–Crippen LogP) is 4.45. The smallest absolute Gasteiger partial charge is 0.166 e. The average Bonchev–Trinajstić information content (AvgIpc) is 2.70. The van der Waals surface area contributed by atoms with Crippen LogP contribution in [0, 0.1) is 11.8 Å². The molecule has 2 aromatic carbocycles. The third-order valence-electron chi connectivity index (χ3n) is 7.19. The Bertz CT molecular complexity index is 852. The molecule has 4 bridgehead atoms. The van der Waals surface area contributed by atoms with Crippen LogP contribution in [0.2, 0.25) is 0 Å². The molecule has 2 aromatic rings. The van der Waals surface area contributed by atoms with Crippen molar-refractivity contribution in [3.05, 3.63) is 59.7 Å². The molecule has 4 aliphatic rings. The summed E-state index contributed by atoms with van der Waals surface area (Å²) in [6, 6.07) is 16.3. The molecule has 6 rings (SSSR count). The Morgan fingerprint density at radius 2 is 1.76 bits per heavy atom. The Balaban J connectivity index is 1.33. The standard InChI is InChI=1S/C25H31NO3/c1-28-22-9-5-8-21(23(22)29-16-18-6-3-2-4-7-18)15-26-24-11-19-10-20(12-24)14-25(27,13-19)17-24/h2-9,19-20,26-27H,10-17H2,1H3/t19-,20-,24?,25?/m0/s1. The fourth-order valence-corrected chi connectivity index (χ4v) is 6.46. The minimum atomic E-state index is -0.446. The summed E-state index contributed by atoms with van der Waals surface area (Å²) in [7, 11) is 1.69. The Morgan fingerprint density at radius 3 is 2.45 bits per heavy atom. The highest BCUT2D eigenvalue weighted by atomic mass is 16.5. The number of aliphatic hydroxyl groups is 1. The SMILES string of the molecule is COc1cccc(CNC23C[C@@H]4C[C@H](CC(O)(C4)C2)C3)c1OCc1ccccc1. The number of hydrogen-bond acceptors (Lipinski definition) is 4. The first-order chi connectivity index (χ1) is 14.1. The molecule has 29 heavy (non-hydrogen) atoms. The van der Waals surface area contributed by atoms with Gasteiger partial charge in [-0.1, -0.05) is 42.5 Å². The third-order valence-corrected chi connectivity index (χ3v) is 7.19. The summed E-state index contributed by atoms with van der Waals surface area (Å²) in [5, 5.41) is 14.9. The van der Waals surface area contributed by atoms with Gasteiger partial charge in [-0.2, -0.15) is 0 Å². The molecule has 4 fully saturated rings. The Hall–Kier alpha value is -2.04. The lowest BCUT2D eigenvalue weighted by Crippen LogP contribution is -2.64. The lowest BCUT2D eigenvalue weighted by molar-refractivity contribution is -0.142. The van der Waals surface area contributed by atoms with Crippen LogP contribution >= 0.6 is 0 Å². The van der Waals surface area contributed by atoms with Crippen LogP contribution in [0.3, 0.4) is 0 Å². The minimum Gasteiger partial charge on any atom is -0.493 e. The van der Waals surface area contributed by atoms with Crippen molar-refractivity contribution in [3.63, 3.8) is 0 Å². The normalized spacial score (nSPS) is 32.3. The number of rotatable bonds is 7. The predicted molar refractivity (Wildman–Crippen MR) is 113 cm³/mol. The fraction of sp³-hybridized carbons (Fsp3) is 0.520. The molecule has 0 spiro atoms. The maximum absolute atomic E-state index is 11.0. The molecule has 2 N–H and O–H groups in total. The summed E-state index contributed by atoms with van der Waals surface area (Å²) in [4.78, 5) is 0. The van der Waals surface area contributed by atoms with E-state index in [4.69, 9.17) is 9.47 Å². The summed E-state index contributed by atoms with van der Waals surface area (Å²) in [5.41, 5.74) is 1.88. The molecule has 4 heteroatoms. The van der Waals surface area contributed by atoms with Gasteiger partial charge in [0.05, 0.1) is 12.7 Å². The molecule has 0 aromatic heterocycles. The summed E-state index contributed by atoms with van der Waals surface area (Å²) < 4.78 is 11.8. The first-order valence-electron chi connectivity index (χ1n) is 10.9. The maximum atomic E-state index is 11.0. The van der Waals surface area contributed by atoms with E-state index in [1.165, 1.54) is 19.3 Å². The van der Waals surface area contributed by atoms with Gasteiger partial charge in [-0.15, -0.1) is 0 Å². The Labute approximate surface area is 173 Å². The molecule has 4 aliphatic carbocycles. The van der Waals surface area contributed by atoms with Gasteiger partial charge in [0.2, 0.25) is 0 Å².